The molecule has 17 heavy (non-hydrogen) atoms. The van der Waals surface area contributed by atoms with E-state index in [1.165, 1.54) is 11.3 Å². The minimum atomic E-state index is 0.473. The minimum Gasteiger partial charge on any atom is -0.301 e. The largest absolute Gasteiger partial charge is 0.301 e. The summed E-state index contributed by atoms with van der Waals surface area (Å²) in [5, 5.41) is 3.35. The van der Waals surface area contributed by atoms with Crippen LogP contribution < -0.4 is 0 Å². The predicted octanol–water partition coefficient (Wildman–Crippen LogP) is 4.48. The smallest absolute Gasteiger partial charge is 0.122 e. The van der Waals surface area contributed by atoms with Crippen molar-refractivity contribution in [3.05, 3.63) is 50.7 Å². The first-order valence-electron chi connectivity index (χ1n) is 5.60. The maximum atomic E-state index is 5.34. The van der Waals surface area contributed by atoms with Crippen molar-refractivity contribution in [2.75, 3.05) is 0 Å². The molecule has 0 unspecified atom stereocenters. The van der Waals surface area contributed by atoms with Gasteiger partial charge in [-0.25, -0.2) is 0 Å². The van der Waals surface area contributed by atoms with Crippen molar-refractivity contribution in [2.24, 2.45) is 0 Å². The highest BCUT2D eigenvalue weighted by atomic mass is 79.9. The Morgan fingerprint density at radius 1 is 1.35 bits per heavy atom. The molecule has 0 fully saturated rings. The van der Waals surface area contributed by atoms with Gasteiger partial charge in [-0.3, -0.25) is 4.68 Å². The minimum absolute atomic E-state index is 0.473. The van der Waals surface area contributed by atoms with Crippen molar-refractivity contribution in [1.29, 1.82) is 0 Å². The van der Waals surface area contributed by atoms with Crippen LogP contribution in [-0.4, -0.2) is 9.78 Å². The fraction of sp³-hybridized carbons (Fsp3) is 0.308. The molecule has 2 nitrogen and oxygen atoms in total. The third-order valence-electron chi connectivity index (χ3n) is 2.66. The molecule has 0 aliphatic rings. The van der Waals surface area contributed by atoms with E-state index in [4.69, 9.17) is 12.2 Å². The van der Waals surface area contributed by atoms with E-state index in [0.29, 0.717) is 5.92 Å². The van der Waals surface area contributed by atoms with Crippen molar-refractivity contribution in [3.63, 3.8) is 0 Å². The van der Waals surface area contributed by atoms with Crippen LogP contribution in [0.3, 0.4) is 0 Å². The third kappa shape index (κ3) is 3.07. The summed E-state index contributed by atoms with van der Waals surface area (Å²) in [6.07, 6.45) is 0. The molecular weight excluding hydrogens is 296 g/mol. The number of hydrogen-bond donors (Lipinski definition) is 1. The van der Waals surface area contributed by atoms with E-state index < -0.39 is 0 Å². The quantitative estimate of drug-likeness (QED) is 0.829. The molecule has 1 aromatic heterocycles. The van der Waals surface area contributed by atoms with Gasteiger partial charge in [0, 0.05) is 10.2 Å². The second-order valence-corrected chi connectivity index (χ2v) is 5.75. The molecule has 0 aliphatic heterocycles. The number of halogens is 1. The number of benzene rings is 1. The normalized spacial score (nSPS) is 11.1. The van der Waals surface area contributed by atoms with Crippen LogP contribution in [0.25, 0.3) is 0 Å². The number of aromatic nitrogens is 2. The molecule has 1 N–H and O–H groups in total. The van der Waals surface area contributed by atoms with E-state index in [1.54, 1.807) is 0 Å². The van der Waals surface area contributed by atoms with E-state index in [2.05, 4.69) is 47.0 Å². The lowest BCUT2D eigenvalue weighted by molar-refractivity contribution is 0.650. The van der Waals surface area contributed by atoms with Gasteiger partial charge in [-0.1, -0.05) is 54.1 Å². The van der Waals surface area contributed by atoms with Crippen LogP contribution in [-0.2, 0) is 6.54 Å². The lowest BCUT2D eigenvalue weighted by Gasteiger charge is -2.05. The van der Waals surface area contributed by atoms with E-state index in [-0.39, 0.29) is 0 Å². The van der Waals surface area contributed by atoms with Crippen molar-refractivity contribution in [3.8, 4) is 0 Å². The molecule has 90 valence electrons. The lowest BCUT2D eigenvalue weighted by Crippen LogP contribution is -2.02. The number of rotatable bonds is 3. The average Bonchev–Trinajstić information content (AvgIpc) is 2.61. The lowest BCUT2D eigenvalue weighted by atomic mass is 10.1. The van der Waals surface area contributed by atoms with Gasteiger partial charge in [-0.2, -0.15) is 0 Å². The summed E-state index contributed by atoms with van der Waals surface area (Å²) in [6.45, 7) is 5.10. The summed E-state index contributed by atoms with van der Waals surface area (Å²) in [5.41, 5.74) is 2.41. The van der Waals surface area contributed by atoms with Gasteiger partial charge < -0.3 is 5.10 Å². The summed E-state index contributed by atoms with van der Waals surface area (Å²) < 4.78 is 3.96. The topological polar surface area (TPSA) is 20.7 Å². The second kappa shape index (κ2) is 5.19. The Bertz CT molecular complexity index is 569. The van der Waals surface area contributed by atoms with Gasteiger partial charge in [0.2, 0.25) is 0 Å². The number of nitrogens with zero attached hydrogens (tertiary/aromatic N) is 1. The predicted molar refractivity (Wildman–Crippen MR) is 76.9 cm³/mol. The molecule has 0 spiro atoms. The van der Waals surface area contributed by atoms with E-state index >= 15 is 0 Å². The fourth-order valence-corrected chi connectivity index (χ4v) is 2.37. The first-order valence-corrected chi connectivity index (χ1v) is 6.80. The maximum absolute atomic E-state index is 5.34. The van der Waals surface area contributed by atoms with Gasteiger partial charge in [0.1, 0.15) is 4.64 Å². The van der Waals surface area contributed by atoms with Crippen LogP contribution >= 0.6 is 28.1 Å². The highest BCUT2D eigenvalue weighted by Gasteiger charge is 2.04. The zero-order valence-corrected chi connectivity index (χ0v) is 12.3. The summed E-state index contributed by atoms with van der Waals surface area (Å²) in [7, 11) is 0. The molecule has 0 radical (unpaired) electrons. The highest BCUT2D eigenvalue weighted by molar-refractivity contribution is 9.10. The standard InChI is InChI=1S/C13H15BrN2S/c1-9(2)12-7-13(17)16(15-12)8-10-4-3-5-11(14)6-10/h3-7,9,15H,8H2,1-2H3. The molecule has 0 amide bonds. The Kier molecular flexibility index (Phi) is 3.84. The summed E-state index contributed by atoms with van der Waals surface area (Å²) in [6, 6.07) is 10.3. The van der Waals surface area contributed by atoms with Gasteiger partial charge in [0.25, 0.3) is 0 Å². The van der Waals surface area contributed by atoms with Crippen LogP contribution in [0.2, 0.25) is 0 Å². The monoisotopic (exact) mass is 310 g/mol. The van der Waals surface area contributed by atoms with Crippen molar-refractivity contribution >= 4 is 28.1 Å². The van der Waals surface area contributed by atoms with Crippen molar-refractivity contribution in [1.82, 2.24) is 9.78 Å². The molecule has 0 saturated heterocycles. The van der Waals surface area contributed by atoms with Gasteiger partial charge in [-0.05, 0) is 29.7 Å². The number of hydrogen-bond acceptors (Lipinski definition) is 1. The maximum Gasteiger partial charge on any atom is 0.122 e. The second-order valence-electron chi connectivity index (χ2n) is 4.42. The number of aromatic amines is 1. The van der Waals surface area contributed by atoms with Gasteiger partial charge in [0.05, 0.1) is 6.54 Å². The van der Waals surface area contributed by atoms with Gasteiger partial charge in [-0.15, -0.1) is 0 Å². The number of H-pyrrole nitrogens is 1. The van der Waals surface area contributed by atoms with Crippen LogP contribution in [0, 0.1) is 4.64 Å². The van der Waals surface area contributed by atoms with Crippen LogP contribution in [0.1, 0.15) is 31.0 Å². The zero-order valence-electron chi connectivity index (χ0n) is 9.90. The molecular formula is C13H15BrN2S. The molecule has 0 bridgehead atoms. The highest BCUT2D eigenvalue weighted by Crippen LogP contribution is 2.15. The molecule has 2 rings (SSSR count). The van der Waals surface area contributed by atoms with Gasteiger partial charge >= 0.3 is 0 Å². The van der Waals surface area contributed by atoms with E-state index in [0.717, 1.165) is 15.7 Å². The molecule has 1 aromatic carbocycles. The Labute approximate surface area is 115 Å². The Hall–Kier alpha value is -0.870. The first kappa shape index (κ1) is 12.6. The molecule has 0 aliphatic carbocycles. The molecule has 1 heterocycles. The van der Waals surface area contributed by atoms with Crippen LogP contribution in [0.5, 0.6) is 0 Å². The van der Waals surface area contributed by atoms with E-state index in [1.807, 2.05) is 22.9 Å². The van der Waals surface area contributed by atoms with Crippen molar-refractivity contribution in [2.45, 2.75) is 26.3 Å². The molecule has 0 saturated carbocycles. The summed E-state index contributed by atoms with van der Waals surface area (Å²) in [5.74, 6) is 0.473. The molecule has 4 heteroatoms. The average molecular weight is 311 g/mol. The third-order valence-corrected chi connectivity index (χ3v) is 3.49. The van der Waals surface area contributed by atoms with Crippen LogP contribution in [0.15, 0.2) is 34.8 Å². The van der Waals surface area contributed by atoms with Crippen LogP contribution in [0.4, 0.5) is 0 Å². The Morgan fingerprint density at radius 3 is 2.71 bits per heavy atom. The summed E-state index contributed by atoms with van der Waals surface area (Å²) >= 11 is 8.82. The SMILES string of the molecule is CC(C)c1cc(=S)n(Cc2cccc(Br)c2)[nH]1. The zero-order chi connectivity index (χ0) is 12.4. The summed E-state index contributed by atoms with van der Waals surface area (Å²) in [4.78, 5) is 0. The van der Waals surface area contributed by atoms with Crippen molar-refractivity contribution < 1.29 is 0 Å². The first-order chi connectivity index (χ1) is 8.06. The Balaban J connectivity index is 2.27. The molecule has 2 aromatic rings. The molecule has 0 atom stereocenters. The fourth-order valence-electron chi connectivity index (χ4n) is 1.69. The van der Waals surface area contributed by atoms with E-state index in [9.17, 15) is 0 Å². The Morgan fingerprint density at radius 2 is 2.12 bits per heavy atom. The van der Waals surface area contributed by atoms with Gasteiger partial charge in [0.15, 0.2) is 0 Å². The number of nitrogens with one attached hydrogen (secondary N) is 1.